The molecule has 27 heavy (non-hydrogen) atoms. The van der Waals surface area contributed by atoms with E-state index in [-0.39, 0.29) is 29.9 Å². The van der Waals surface area contributed by atoms with Crippen LogP contribution in [0.5, 0.6) is 0 Å². The highest BCUT2D eigenvalue weighted by atomic mass is 127. The number of rotatable bonds is 4. The van der Waals surface area contributed by atoms with Crippen molar-refractivity contribution in [2.75, 3.05) is 26.7 Å². The maximum Gasteiger partial charge on any atom is 0.242 e. The molecular formula is C18H24IN7O. The van der Waals surface area contributed by atoms with E-state index in [0.29, 0.717) is 19.1 Å². The van der Waals surface area contributed by atoms with E-state index in [4.69, 9.17) is 0 Å². The van der Waals surface area contributed by atoms with Gasteiger partial charge in [0.1, 0.15) is 12.7 Å². The minimum atomic E-state index is 0. The number of benzene rings is 1. The number of nitrogens with one attached hydrogen (secondary N) is 1. The summed E-state index contributed by atoms with van der Waals surface area (Å²) in [6.07, 6.45) is 5.50. The van der Waals surface area contributed by atoms with Crippen LogP contribution in [0.2, 0.25) is 0 Å². The summed E-state index contributed by atoms with van der Waals surface area (Å²) >= 11 is 0. The molecule has 2 fully saturated rings. The predicted octanol–water partition coefficient (Wildman–Crippen LogP) is 1.27. The van der Waals surface area contributed by atoms with Crippen molar-refractivity contribution >= 4 is 35.8 Å². The second-order valence-corrected chi connectivity index (χ2v) is 6.65. The lowest BCUT2D eigenvalue weighted by atomic mass is 10.2. The number of hydrogen-bond donors (Lipinski definition) is 1. The molecule has 2 aliphatic rings. The second-order valence-electron chi connectivity index (χ2n) is 6.65. The van der Waals surface area contributed by atoms with Crippen LogP contribution in [0.1, 0.15) is 18.4 Å². The van der Waals surface area contributed by atoms with Crippen molar-refractivity contribution in [1.82, 2.24) is 29.9 Å². The number of aliphatic imine (C=N–C) groups is 1. The zero-order valence-corrected chi connectivity index (χ0v) is 17.6. The van der Waals surface area contributed by atoms with Gasteiger partial charge in [-0.15, -0.1) is 24.0 Å². The van der Waals surface area contributed by atoms with E-state index < -0.39 is 0 Å². The van der Waals surface area contributed by atoms with Crippen LogP contribution in [0.15, 0.2) is 41.9 Å². The summed E-state index contributed by atoms with van der Waals surface area (Å²) in [5.41, 5.74) is 2.08. The van der Waals surface area contributed by atoms with Gasteiger partial charge in [0.05, 0.1) is 12.2 Å². The maximum atomic E-state index is 12.3. The van der Waals surface area contributed by atoms with Gasteiger partial charge in [0.2, 0.25) is 5.91 Å². The molecule has 0 unspecified atom stereocenters. The molecule has 1 saturated carbocycles. The zero-order chi connectivity index (χ0) is 17.9. The SMILES string of the molecule is CN=C(NCc1cccc(-n2cncn2)c1)N1CCN(C2CC2)C(=O)C1.I. The van der Waals surface area contributed by atoms with Crippen molar-refractivity contribution < 1.29 is 4.79 Å². The van der Waals surface area contributed by atoms with Crippen LogP contribution in [0.4, 0.5) is 0 Å². The van der Waals surface area contributed by atoms with E-state index in [1.165, 1.54) is 6.33 Å². The molecule has 1 aliphatic carbocycles. The van der Waals surface area contributed by atoms with Crippen LogP contribution in [0, 0.1) is 0 Å². The molecule has 0 atom stereocenters. The molecule has 1 saturated heterocycles. The van der Waals surface area contributed by atoms with Crippen molar-refractivity contribution in [2.45, 2.75) is 25.4 Å². The maximum absolute atomic E-state index is 12.3. The lowest BCUT2D eigenvalue weighted by Crippen LogP contribution is -2.55. The molecule has 8 nitrogen and oxygen atoms in total. The number of halogens is 1. The third kappa shape index (κ3) is 4.57. The Kier molecular flexibility index (Phi) is 6.30. The van der Waals surface area contributed by atoms with Crippen molar-refractivity contribution in [2.24, 2.45) is 4.99 Å². The van der Waals surface area contributed by atoms with Gasteiger partial charge in [-0.1, -0.05) is 12.1 Å². The average Bonchev–Trinajstić information content (AvgIpc) is 3.35. The standard InChI is InChI=1S/C18H23N7O.HI/c1-19-18(23-7-8-24(15-5-6-15)17(26)11-23)21-10-14-3-2-4-16(9-14)25-13-20-12-22-25;/h2-4,9,12-13,15H,5-8,10-11H2,1H3,(H,19,21);1H. The van der Waals surface area contributed by atoms with Gasteiger partial charge in [-0.05, 0) is 30.5 Å². The molecule has 1 amide bonds. The van der Waals surface area contributed by atoms with Gasteiger partial charge in [0.25, 0.3) is 0 Å². The van der Waals surface area contributed by atoms with Crippen LogP contribution >= 0.6 is 24.0 Å². The van der Waals surface area contributed by atoms with Gasteiger partial charge in [-0.3, -0.25) is 9.79 Å². The second kappa shape index (κ2) is 8.68. The van der Waals surface area contributed by atoms with Gasteiger partial charge in [-0.25, -0.2) is 9.67 Å². The number of hydrogen-bond acceptors (Lipinski definition) is 4. The van der Waals surface area contributed by atoms with E-state index in [1.807, 2.05) is 21.9 Å². The topological polar surface area (TPSA) is 78.7 Å². The van der Waals surface area contributed by atoms with Gasteiger partial charge >= 0.3 is 0 Å². The minimum Gasteiger partial charge on any atom is -0.352 e. The first-order chi connectivity index (χ1) is 12.7. The molecule has 0 radical (unpaired) electrons. The average molecular weight is 481 g/mol. The van der Waals surface area contributed by atoms with Gasteiger partial charge in [-0.2, -0.15) is 5.10 Å². The summed E-state index contributed by atoms with van der Waals surface area (Å²) in [7, 11) is 1.76. The van der Waals surface area contributed by atoms with E-state index >= 15 is 0 Å². The van der Waals surface area contributed by atoms with E-state index in [2.05, 4.69) is 32.5 Å². The fourth-order valence-corrected chi connectivity index (χ4v) is 3.30. The molecule has 2 aromatic rings. The van der Waals surface area contributed by atoms with Crippen molar-refractivity contribution in [3.63, 3.8) is 0 Å². The minimum absolute atomic E-state index is 0. The van der Waals surface area contributed by atoms with Gasteiger partial charge in [0.15, 0.2) is 5.96 Å². The Morgan fingerprint density at radius 2 is 2.19 bits per heavy atom. The normalized spacial score (nSPS) is 17.7. The van der Waals surface area contributed by atoms with Gasteiger partial charge in [0, 0.05) is 32.7 Å². The van der Waals surface area contributed by atoms with Crippen LogP contribution in [-0.2, 0) is 11.3 Å². The summed E-state index contributed by atoms with van der Waals surface area (Å²) in [4.78, 5) is 24.7. The van der Waals surface area contributed by atoms with Crippen LogP contribution in [-0.4, -0.2) is 69.2 Å². The number of piperazine rings is 1. The first kappa shape index (κ1) is 19.6. The fraction of sp³-hybridized carbons (Fsp3) is 0.444. The Labute approximate surface area is 175 Å². The van der Waals surface area contributed by atoms with E-state index in [0.717, 1.165) is 43.1 Å². The Morgan fingerprint density at radius 3 is 2.85 bits per heavy atom. The van der Waals surface area contributed by atoms with Crippen LogP contribution in [0.3, 0.4) is 0 Å². The molecule has 4 rings (SSSR count). The third-order valence-electron chi connectivity index (χ3n) is 4.80. The van der Waals surface area contributed by atoms with Gasteiger partial charge < -0.3 is 15.1 Å². The molecule has 0 spiro atoms. The number of guanidine groups is 1. The summed E-state index contributed by atoms with van der Waals surface area (Å²) in [6, 6.07) is 8.58. The Bertz CT molecular complexity index is 804. The fourth-order valence-electron chi connectivity index (χ4n) is 3.30. The van der Waals surface area contributed by atoms with Crippen molar-refractivity contribution in [1.29, 1.82) is 0 Å². The molecule has 144 valence electrons. The Balaban J connectivity index is 0.00000210. The molecule has 0 bridgehead atoms. The summed E-state index contributed by atoms with van der Waals surface area (Å²) in [5, 5.41) is 7.53. The lowest BCUT2D eigenvalue weighted by molar-refractivity contribution is -0.135. The first-order valence-corrected chi connectivity index (χ1v) is 8.93. The summed E-state index contributed by atoms with van der Waals surface area (Å²) in [5.74, 6) is 0.967. The molecular weight excluding hydrogens is 457 g/mol. The number of amides is 1. The number of carbonyl (C=O) groups is 1. The van der Waals surface area contributed by atoms with Crippen molar-refractivity contribution in [3.8, 4) is 5.69 Å². The Morgan fingerprint density at radius 1 is 1.33 bits per heavy atom. The zero-order valence-electron chi connectivity index (χ0n) is 15.3. The third-order valence-corrected chi connectivity index (χ3v) is 4.80. The monoisotopic (exact) mass is 481 g/mol. The molecule has 1 aromatic heterocycles. The van der Waals surface area contributed by atoms with Crippen molar-refractivity contribution in [3.05, 3.63) is 42.5 Å². The van der Waals surface area contributed by atoms with Crippen LogP contribution in [0.25, 0.3) is 5.69 Å². The van der Waals surface area contributed by atoms with E-state index in [1.54, 1.807) is 18.1 Å². The summed E-state index contributed by atoms with van der Waals surface area (Å²) < 4.78 is 1.73. The molecule has 1 aliphatic heterocycles. The van der Waals surface area contributed by atoms with E-state index in [9.17, 15) is 4.79 Å². The van der Waals surface area contributed by atoms with Crippen LogP contribution < -0.4 is 5.32 Å². The molecule has 9 heteroatoms. The number of carbonyl (C=O) groups excluding carboxylic acids is 1. The highest BCUT2D eigenvalue weighted by Gasteiger charge is 2.36. The summed E-state index contributed by atoms with van der Waals surface area (Å²) in [6.45, 7) is 2.63. The molecule has 1 aromatic carbocycles. The molecule has 1 N–H and O–H groups in total. The largest absolute Gasteiger partial charge is 0.352 e. The quantitative estimate of drug-likeness (QED) is 0.405. The number of nitrogens with zero attached hydrogens (tertiary/aromatic N) is 6. The lowest BCUT2D eigenvalue weighted by Gasteiger charge is -2.36. The highest BCUT2D eigenvalue weighted by molar-refractivity contribution is 14.0. The Hall–Kier alpha value is -2.17. The number of aromatic nitrogens is 3. The highest BCUT2D eigenvalue weighted by Crippen LogP contribution is 2.28. The molecule has 2 heterocycles. The first-order valence-electron chi connectivity index (χ1n) is 8.93. The smallest absolute Gasteiger partial charge is 0.242 e. The predicted molar refractivity (Wildman–Crippen MR) is 113 cm³/mol.